The monoisotopic (exact) mass is 472 g/mol. The van der Waals surface area contributed by atoms with Crippen molar-refractivity contribution in [3.63, 3.8) is 0 Å². The van der Waals surface area contributed by atoms with Crippen LogP contribution < -0.4 is 15.4 Å². The lowest BCUT2D eigenvalue weighted by Crippen LogP contribution is -2.25. The maximum atomic E-state index is 13.7. The molecule has 4 rings (SSSR count). The Balaban J connectivity index is 1.32. The van der Waals surface area contributed by atoms with Crippen molar-refractivity contribution >= 4 is 27.5 Å². The van der Waals surface area contributed by atoms with Gasteiger partial charge in [0.15, 0.2) is 17.7 Å². The maximum Gasteiger partial charge on any atom is 0.259 e. The van der Waals surface area contributed by atoms with Crippen LogP contribution in [0.3, 0.4) is 0 Å². The van der Waals surface area contributed by atoms with Gasteiger partial charge >= 0.3 is 0 Å². The third-order valence-corrected chi connectivity index (χ3v) is 6.44. The van der Waals surface area contributed by atoms with Crippen LogP contribution >= 0.6 is 11.3 Å². The molecule has 2 heterocycles. The first kappa shape index (κ1) is 23.0. The second-order valence-corrected chi connectivity index (χ2v) is 8.73. The number of halogens is 1. The van der Waals surface area contributed by atoms with E-state index in [4.69, 9.17) is 9.47 Å². The lowest BCUT2D eigenvalue weighted by atomic mass is 9.84. The summed E-state index contributed by atoms with van der Waals surface area (Å²) in [6, 6.07) is 8.39. The summed E-state index contributed by atoms with van der Waals surface area (Å²) in [5.74, 6) is -0.476. The van der Waals surface area contributed by atoms with Gasteiger partial charge < -0.3 is 14.8 Å². The summed E-state index contributed by atoms with van der Waals surface area (Å²) < 4.78 is 24.0. The van der Waals surface area contributed by atoms with E-state index < -0.39 is 17.8 Å². The van der Waals surface area contributed by atoms with E-state index in [2.05, 4.69) is 31.0 Å². The fraction of sp³-hybridized carbons (Fsp3) is 0.409. The SMILES string of the molecule is COc1cc([C@H](OC)C(=O)Nc2nnc(N[C@H]3CC[C@H](c4cccnn4)CC3)s2)ccc1F. The molecule has 1 aliphatic rings. The Morgan fingerprint density at radius 3 is 2.61 bits per heavy atom. The zero-order valence-electron chi connectivity index (χ0n) is 18.3. The van der Waals surface area contributed by atoms with Gasteiger partial charge in [0.05, 0.1) is 12.8 Å². The molecular formula is C22H25FN6O3S. The third-order valence-electron chi connectivity index (χ3n) is 5.67. The molecule has 1 amide bonds. The molecule has 0 saturated heterocycles. The zero-order valence-corrected chi connectivity index (χ0v) is 19.1. The first-order chi connectivity index (χ1) is 16.1. The van der Waals surface area contributed by atoms with E-state index >= 15 is 0 Å². The van der Waals surface area contributed by atoms with Crippen molar-refractivity contribution in [1.29, 1.82) is 0 Å². The van der Waals surface area contributed by atoms with Crippen molar-refractivity contribution in [1.82, 2.24) is 20.4 Å². The lowest BCUT2D eigenvalue weighted by Gasteiger charge is -2.28. The van der Waals surface area contributed by atoms with Gasteiger partial charge in [0.25, 0.3) is 5.91 Å². The Hall–Kier alpha value is -3.18. The summed E-state index contributed by atoms with van der Waals surface area (Å²) in [5, 5.41) is 23.5. The molecule has 1 saturated carbocycles. The second kappa shape index (κ2) is 10.6. The molecule has 0 spiro atoms. The van der Waals surface area contributed by atoms with Gasteiger partial charge in [-0.3, -0.25) is 10.1 Å². The highest BCUT2D eigenvalue weighted by atomic mass is 32.1. The molecule has 0 unspecified atom stereocenters. The van der Waals surface area contributed by atoms with Crippen LogP contribution in [0.5, 0.6) is 5.75 Å². The standard InChI is InChI=1S/C22H25FN6O3S/c1-31-18-12-14(7-10-16(18)23)19(32-2)20(30)26-22-29-28-21(33-22)25-15-8-5-13(6-9-15)17-4-3-11-24-27-17/h3-4,7,10-13,15,19H,5-6,8-9H2,1-2H3,(H,25,28)(H,26,29,30)/t13-,15-,19-/m0/s1. The van der Waals surface area contributed by atoms with Crippen molar-refractivity contribution in [3.8, 4) is 5.75 Å². The van der Waals surface area contributed by atoms with Gasteiger partial charge in [-0.2, -0.15) is 10.2 Å². The van der Waals surface area contributed by atoms with E-state index in [1.807, 2.05) is 12.1 Å². The largest absolute Gasteiger partial charge is 0.494 e. The van der Waals surface area contributed by atoms with E-state index in [-0.39, 0.29) is 11.8 Å². The van der Waals surface area contributed by atoms with Crippen LogP contribution in [0.2, 0.25) is 0 Å². The summed E-state index contributed by atoms with van der Waals surface area (Å²) in [7, 11) is 2.77. The quantitative estimate of drug-likeness (QED) is 0.507. The molecule has 1 aliphatic carbocycles. The molecule has 1 aromatic carbocycles. The Labute approximate surface area is 194 Å². The normalized spacial score (nSPS) is 19.0. The minimum Gasteiger partial charge on any atom is -0.494 e. The molecular weight excluding hydrogens is 447 g/mol. The minimum atomic E-state index is -0.948. The van der Waals surface area contributed by atoms with Gasteiger partial charge in [-0.15, -0.1) is 10.2 Å². The van der Waals surface area contributed by atoms with Crippen molar-refractivity contribution in [2.24, 2.45) is 0 Å². The lowest BCUT2D eigenvalue weighted by molar-refractivity contribution is -0.126. The molecule has 2 aromatic heterocycles. The number of carbonyl (C=O) groups excluding carboxylic acids is 1. The zero-order chi connectivity index (χ0) is 23.2. The smallest absolute Gasteiger partial charge is 0.259 e. The predicted molar refractivity (Wildman–Crippen MR) is 122 cm³/mol. The fourth-order valence-electron chi connectivity index (χ4n) is 3.98. The Morgan fingerprint density at radius 1 is 1.12 bits per heavy atom. The number of hydrogen-bond acceptors (Lipinski definition) is 9. The number of rotatable bonds is 8. The number of hydrogen-bond donors (Lipinski definition) is 2. The number of benzene rings is 1. The summed E-state index contributed by atoms with van der Waals surface area (Å²) in [4.78, 5) is 12.7. The first-order valence-corrected chi connectivity index (χ1v) is 11.4. The number of aromatic nitrogens is 4. The molecule has 0 radical (unpaired) electrons. The van der Waals surface area contributed by atoms with Crippen molar-refractivity contribution in [2.75, 3.05) is 24.9 Å². The van der Waals surface area contributed by atoms with E-state index in [1.165, 1.54) is 43.8 Å². The average molecular weight is 473 g/mol. The number of ether oxygens (including phenoxy) is 2. The van der Waals surface area contributed by atoms with Crippen LogP contribution in [0.1, 0.15) is 49.0 Å². The van der Waals surface area contributed by atoms with Crippen molar-refractivity contribution in [3.05, 3.63) is 53.6 Å². The Kier molecular flexibility index (Phi) is 7.40. The minimum absolute atomic E-state index is 0.0405. The van der Waals surface area contributed by atoms with E-state index in [0.29, 0.717) is 21.7 Å². The summed E-state index contributed by atoms with van der Waals surface area (Å²) in [6.45, 7) is 0. The molecule has 9 nitrogen and oxygen atoms in total. The van der Waals surface area contributed by atoms with Gasteiger partial charge in [-0.05, 0) is 55.5 Å². The van der Waals surface area contributed by atoms with Crippen LogP contribution in [-0.2, 0) is 9.53 Å². The highest BCUT2D eigenvalue weighted by Gasteiger charge is 2.25. The van der Waals surface area contributed by atoms with Crippen LogP contribution in [0.15, 0.2) is 36.5 Å². The summed E-state index contributed by atoms with van der Waals surface area (Å²) >= 11 is 1.26. The van der Waals surface area contributed by atoms with Crippen LogP contribution in [0, 0.1) is 5.82 Å². The summed E-state index contributed by atoms with van der Waals surface area (Å²) in [6.07, 6.45) is 4.76. The molecule has 0 aliphatic heterocycles. The number of nitrogens with zero attached hydrogens (tertiary/aromatic N) is 4. The number of anilines is 2. The van der Waals surface area contributed by atoms with E-state index in [9.17, 15) is 9.18 Å². The fourth-order valence-corrected chi connectivity index (χ4v) is 4.70. The molecule has 1 atom stereocenters. The number of nitrogens with one attached hydrogen (secondary N) is 2. The maximum absolute atomic E-state index is 13.7. The molecule has 2 N–H and O–H groups in total. The van der Waals surface area contributed by atoms with Crippen molar-refractivity contribution in [2.45, 2.75) is 43.7 Å². The molecule has 1 fully saturated rings. The van der Waals surface area contributed by atoms with E-state index in [1.54, 1.807) is 6.20 Å². The van der Waals surface area contributed by atoms with E-state index in [0.717, 1.165) is 31.4 Å². The van der Waals surface area contributed by atoms with Crippen LogP contribution in [0.25, 0.3) is 0 Å². The first-order valence-electron chi connectivity index (χ1n) is 10.6. The van der Waals surface area contributed by atoms with Gasteiger partial charge in [-0.1, -0.05) is 17.4 Å². The molecule has 3 aromatic rings. The summed E-state index contributed by atoms with van der Waals surface area (Å²) in [5.41, 5.74) is 1.51. The molecule has 11 heteroatoms. The number of amides is 1. The topological polar surface area (TPSA) is 111 Å². The number of carbonyl (C=O) groups is 1. The predicted octanol–water partition coefficient (Wildman–Crippen LogP) is 3.94. The Morgan fingerprint density at radius 2 is 1.91 bits per heavy atom. The second-order valence-electron chi connectivity index (χ2n) is 7.75. The van der Waals surface area contributed by atoms with Gasteiger partial charge in [0, 0.05) is 25.3 Å². The van der Waals surface area contributed by atoms with Crippen LogP contribution in [-0.4, -0.2) is 46.6 Å². The molecule has 0 bridgehead atoms. The number of methoxy groups -OCH3 is 2. The highest BCUT2D eigenvalue weighted by molar-refractivity contribution is 7.19. The van der Waals surface area contributed by atoms with Gasteiger partial charge in [-0.25, -0.2) is 4.39 Å². The molecule has 33 heavy (non-hydrogen) atoms. The molecule has 174 valence electrons. The van der Waals surface area contributed by atoms with Crippen LogP contribution in [0.4, 0.5) is 14.7 Å². The van der Waals surface area contributed by atoms with Crippen molar-refractivity contribution < 1.29 is 18.7 Å². The van der Waals surface area contributed by atoms with Gasteiger partial charge in [0.1, 0.15) is 0 Å². The van der Waals surface area contributed by atoms with Gasteiger partial charge in [0.2, 0.25) is 10.3 Å². The third kappa shape index (κ3) is 5.60. The Bertz CT molecular complexity index is 1080. The highest BCUT2D eigenvalue weighted by Crippen LogP contribution is 2.34. The average Bonchev–Trinajstić information content (AvgIpc) is 3.28.